The van der Waals surface area contributed by atoms with Crippen LogP contribution in [-0.4, -0.2) is 28.1 Å². The smallest absolute Gasteiger partial charge is 0.271 e. The van der Waals surface area contributed by atoms with Crippen molar-refractivity contribution in [1.29, 1.82) is 0 Å². The Morgan fingerprint density at radius 1 is 1.07 bits per heavy atom. The minimum absolute atomic E-state index is 0.168. The van der Waals surface area contributed by atoms with Gasteiger partial charge in [0.25, 0.3) is 5.91 Å². The molecule has 0 atom stereocenters. The number of para-hydroxylation sites is 1. The quantitative estimate of drug-likeness (QED) is 0.643. The molecule has 2 amide bonds. The van der Waals surface area contributed by atoms with E-state index in [0.717, 1.165) is 5.69 Å². The van der Waals surface area contributed by atoms with E-state index in [-0.39, 0.29) is 29.9 Å². The summed E-state index contributed by atoms with van der Waals surface area (Å²) in [5, 5.41) is 9.91. The molecule has 2 N–H and O–H groups in total. The van der Waals surface area contributed by atoms with Gasteiger partial charge in [-0.05, 0) is 30.2 Å². The summed E-state index contributed by atoms with van der Waals surface area (Å²) in [5.74, 6) is -0.667. The van der Waals surface area contributed by atoms with E-state index < -0.39 is 5.91 Å². The fraction of sp³-hybridized carbons (Fsp3) is 0.227. The third kappa shape index (κ3) is 5.07. The predicted molar refractivity (Wildman–Crippen MR) is 109 cm³/mol. The normalized spacial score (nSPS) is 10.8. The zero-order valence-corrected chi connectivity index (χ0v) is 16.4. The number of anilines is 1. The van der Waals surface area contributed by atoms with Crippen molar-refractivity contribution >= 4 is 17.6 Å². The van der Waals surface area contributed by atoms with Gasteiger partial charge in [-0.2, -0.15) is 5.10 Å². The number of halogens is 1. The van der Waals surface area contributed by atoms with Crippen molar-refractivity contribution in [3.8, 4) is 5.69 Å². The van der Waals surface area contributed by atoms with Crippen molar-refractivity contribution in [3.05, 3.63) is 77.7 Å². The van der Waals surface area contributed by atoms with Crippen LogP contribution in [0.25, 0.3) is 5.69 Å². The van der Waals surface area contributed by atoms with Gasteiger partial charge in [0, 0.05) is 18.5 Å². The van der Waals surface area contributed by atoms with Gasteiger partial charge in [-0.1, -0.05) is 50.2 Å². The van der Waals surface area contributed by atoms with E-state index in [1.54, 1.807) is 32.0 Å². The molecule has 0 bridgehead atoms. The highest BCUT2D eigenvalue weighted by atomic mass is 19.1. The SMILES string of the molecule is CC(C)C(=O)Nc1cc(C(=O)NCCc2ccccc2F)nn1-c1ccccc1. The minimum atomic E-state index is -0.393. The number of hydrogen-bond donors (Lipinski definition) is 2. The van der Waals surface area contributed by atoms with Gasteiger partial charge in [-0.3, -0.25) is 9.59 Å². The van der Waals surface area contributed by atoms with Crippen LogP contribution < -0.4 is 10.6 Å². The van der Waals surface area contributed by atoms with Gasteiger partial charge < -0.3 is 10.6 Å². The lowest BCUT2D eigenvalue weighted by Crippen LogP contribution is -2.26. The van der Waals surface area contributed by atoms with E-state index in [1.165, 1.54) is 16.8 Å². The molecule has 150 valence electrons. The molecule has 1 heterocycles. The summed E-state index contributed by atoms with van der Waals surface area (Å²) in [6, 6.07) is 17.2. The van der Waals surface area contributed by atoms with Crippen LogP contribution in [0, 0.1) is 11.7 Å². The van der Waals surface area contributed by atoms with Gasteiger partial charge in [0.1, 0.15) is 11.6 Å². The van der Waals surface area contributed by atoms with Crippen LogP contribution in [0.5, 0.6) is 0 Å². The number of amides is 2. The average molecular weight is 394 g/mol. The Kier molecular flexibility index (Phi) is 6.39. The van der Waals surface area contributed by atoms with Gasteiger partial charge in [0.15, 0.2) is 5.69 Å². The Labute approximate surface area is 168 Å². The summed E-state index contributed by atoms with van der Waals surface area (Å²) in [6.45, 7) is 3.84. The first kappa shape index (κ1) is 20.3. The molecule has 29 heavy (non-hydrogen) atoms. The number of carbonyl (C=O) groups is 2. The number of rotatable bonds is 7. The summed E-state index contributed by atoms with van der Waals surface area (Å²) in [7, 11) is 0. The standard InChI is InChI=1S/C22H23FN4O2/c1-15(2)21(28)25-20-14-19(26-27(20)17-9-4-3-5-10-17)22(29)24-13-12-16-8-6-7-11-18(16)23/h3-11,14-15H,12-13H2,1-2H3,(H,24,29)(H,25,28). The van der Waals surface area contributed by atoms with Crippen LogP contribution in [0.15, 0.2) is 60.7 Å². The molecule has 0 fully saturated rings. The topological polar surface area (TPSA) is 76.0 Å². The zero-order chi connectivity index (χ0) is 20.8. The molecule has 0 saturated heterocycles. The molecule has 0 radical (unpaired) electrons. The molecule has 3 rings (SSSR count). The Balaban J connectivity index is 1.76. The molecule has 0 saturated carbocycles. The lowest BCUT2D eigenvalue weighted by Gasteiger charge is -2.10. The van der Waals surface area contributed by atoms with Crippen molar-refractivity contribution < 1.29 is 14.0 Å². The predicted octanol–water partition coefficient (Wildman–Crippen LogP) is 3.58. The summed E-state index contributed by atoms with van der Waals surface area (Å²) >= 11 is 0. The van der Waals surface area contributed by atoms with E-state index >= 15 is 0 Å². The first-order valence-electron chi connectivity index (χ1n) is 9.43. The number of aromatic nitrogens is 2. The van der Waals surface area contributed by atoms with Crippen molar-refractivity contribution in [1.82, 2.24) is 15.1 Å². The molecule has 0 aliphatic rings. The second kappa shape index (κ2) is 9.14. The molecule has 6 nitrogen and oxygen atoms in total. The molecule has 0 aliphatic heterocycles. The summed E-state index contributed by atoms with van der Waals surface area (Å²) in [5.41, 5.74) is 1.42. The highest BCUT2D eigenvalue weighted by Crippen LogP contribution is 2.18. The number of hydrogen-bond acceptors (Lipinski definition) is 3. The lowest BCUT2D eigenvalue weighted by atomic mass is 10.1. The number of nitrogens with zero attached hydrogens (tertiary/aromatic N) is 2. The first-order chi connectivity index (χ1) is 14.0. The van der Waals surface area contributed by atoms with Gasteiger partial charge >= 0.3 is 0 Å². The molecular formula is C22H23FN4O2. The maximum Gasteiger partial charge on any atom is 0.271 e. The first-order valence-corrected chi connectivity index (χ1v) is 9.43. The average Bonchev–Trinajstić information content (AvgIpc) is 3.14. The zero-order valence-electron chi connectivity index (χ0n) is 16.4. The fourth-order valence-corrected chi connectivity index (χ4v) is 2.72. The summed E-state index contributed by atoms with van der Waals surface area (Å²) in [4.78, 5) is 24.7. The van der Waals surface area contributed by atoms with Crippen LogP contribution in [0.4, 0.5) is 10.2 Å². The number of nitrogens with one attached hydrogen (secondary N) is 2. The highest BCUT2D eigenvalue weighted by Gasteiger charge is 2.18. The van der Waals surface area contributed by atoms with E-state index in [9.17, 15) is 14.0 Å². The van der Waals surface area contributed by atoms with E-state index in [0.29, 0.717) is 17.8 Å². The van der Waals surface area contributed by atoms with Crippen molar-refractivity contribution in [2.24, 2.45) is 5.92 Å². The Hall–Kier alpha value is -3.48. The molecule has 7 heteroatoms. The number of benzene rings is 2. The lowest BCUT2D eigenvalue weighted by molar-refractivity contribution is -0.118. The van der Waals surface area contributed by atoms with Gasteiger partial charge in [-0.15, -0.1) is 0 Å². The van der Waals surface area contributed by atoms with Crippen LogP contribution in [0.1, 0.15) is 29.9 Å². The molecule has 3 aromatic rings. The van der Waals surface area contributed by atoms with Gasteiger partial charge in [0.2, 0.25) is 5.91 Å². The Morgan fingerprint density at radius 3 is 2.45 bits per heavy atom. The summed E-state index contributed by atoms with van der Waals surface area (Å²) < 4.78 is 15.2. The second-order valence-corrected chi connectivity index (χ2v) is 6.90. The Bertz CT molecular complexity index is 999. The van der Waals surface area contributed by atoms with Crippen LogP contribution in [0.3, 0.4) is 0 Å². The van der Waals surface area contributed by atoms with Crippen molar-refractivity contribution in [2.45, 2.75) is 20.3 Å². The second-order valence-electron chi connectivity index (χ2n) is 6.90. The maximum absolute atomic E-state index is 13.7. The molecule has 1 aromatic heterocycles. The number of carbonyl (C=O) groups excluding carboxylic acids is 2. The highest BCUT2D eigenvalue weighted by molar-refractivity contribution is 5.96. The summed E-state index contributed by atoms with van der Waals surface area (Å²) in [6.07, 6.45) is 0.370. The molecule has 0 aliphatic carbocycles. The molecule has 0 spiro atoms. The monoisotopic (exact) mass is 394 g/mol. The molecular weight excluding hydrogens is 371 g/mol. The van der Waals surface area contributed by atoms with E-state index in [2.05, 4.69) is 15.7 Å². The van der Waals surface area contributed by atoms with Crippen LogP contribution in [0.2, 0.25) is 0 Å². The largest absolute Gasteiger partial charge is 0.350 e. The fourth-order valence-electron chi connectivity index (χ4n) is 2.72. The van der Waals surface area contributed by atoms with Crippen LogP contribution >= 0.6 is 0 Å². The Morgan fingerprint density at radius 2 is 1.76 bits per heavy atom. The molecule has 0 unspecified atom stereocenters. The van der Waals surface area contributed by atoms with Gasteiger partial charge in [0.05, 0.1) is 5.69 Å². The minimum Gasteiger partial charge on any atom is -0.350 e. The van der Waals surface area contributed by atoms with E-state index in [4.69, 9.17) is 0 Å². The van der Waals surface area contributed by atoms with E-state index in [1.807, 2.05) is 30.3 Å². The third-order valence-electron chi connectivity index (χ3n) is 4.36. The van der Waals surface area contributed by atoms with Crippen LogP contribution in [-0.2, 0) is 11.2 Å². The third-order valence-corrected chi connectivity index (χ3v) is 4.36. The maximum atomic E-state index is 13.7. The van der Waals surface area contributed by atoms with Crippen molar-refractivity contribution in [2.75, 3.05) is 11.9 Å². The van der Waals surface area contributed by atoms with Crippen molar-refractivity contribution in [3.63, 3.8) is 0 Å². The molecule has 2 aromatic carbocycles. The van der Waals surface area contributed by atoms with Gasteiger partial charge in [-0.25, -0.2) is 9.07 Å².